The second kappa shape index (κ2) is 4.35. The van der Waals surface area contributed by atoms with E-state index in [4.69, 9.17) is 0 Å². The average Bonchev–Trinajstić information content (AvgIpc) is 3.01. The van der Waals surface area contributed by atoms with Crippen molar-refractivity contribution in [1.29, 1.82) is 0 Å². The first-order valence-electron chi connectivity index (χ1n) is 7.04. The van der Waals surface area contributed by atoms with Gasteiger partial charge in [0.05, 0.1) is 5.69 Å². The Morgan fingerprint density at radius 1 is 1.29 bits per heavy atom. The summed E-state index contributed by atoms with van der Waals surface area (Å²) in [7, 11) is 0. The van der Waals surface area contributed by atoms with Gasteiger partial charge in [-0.3, -0.25) is 0 Å². The lowest BCUT2D eigenvalue weighted by molar-refractivity contribution is 0.284. The van der Waals surface area contributed by atoms with E-state index in [0.29, 0.717) is 12.1 Å². The second-order valence-corrected chi connectivity index (χ2v) is 5.96. The van der Waals surface area contributed by atoms with E-state index in [-0.39, 0.29) is 0 Å². The van der Waals surface area contributed by atoms with Crippen LogP contribution in [0.15, 0.2) is 6.20 Å². The van der Waals surface area contributed by atoms with Crippen LogP contribution < -0.4 is 5.32 Å². The number of aryl methyl sites for hydroxylation is 1. The summed E-state index contributed by atoms with van der Waals surface area (Å²) < 4.78 is 2.41. The molecule has 2 fully saturated rings. The molecule has 2 aliphatic rings. The van der Waals surface area contributed by atoms with Gasteiger partial charge in [-0.2, -0.15) is 0 Å². The molecule has 2 unspecified atom stereocenters. The van der Waals surface area contributed by atoms with E-state index in [0.717, 1.165) is 17.6 Å². The molecule has 1 aromatic rings. The lowest BCUT2D eigenvalue weighted by Gasteiger charge is -2.29. The summed E-state index contributed by atoms with van der Waals surface area (Å²) in [6, 6.07) is 1.36. The van der Waals surface area contributed by atoms with Crippen LogP contribution in [0, 0.1) is 12.8 Å². The number of hydrogen-bond donors (Lipinski definition) is 1. The maximum atomic E-state index is 4.64. The number of rotatable bonds is 3. The molecule has 2 aliphatic carbocycles. The second-order valence-electron chi connectivity index (χ2n) is 5.96. The first-order chi connectivity index (χ1) is 8.22. The molecule has 0 bridgehead atoms. The molecule has 0 saturated heterocycles. The normalized spacial score (nSPS) is 29.3. The zero-order valence-electron chi connectivity index (χ0n) is 10.9. The highest BCUT2D eigenvalue weighted by Crippen LogP contribution is 2.35. The molecule has 0 aromatic carbocycles. The van der Waals surface area contributed by atoms with Crippen LogP contribution in [0.4, 0.5) is 5.95 Å². The summed E-state index contributed by atoms with van der Waals surface area (Å²) >= 11 is 0. The van der Waals surface area contributed by atoms with Crippen LogP contribution in [0.25, 0.3) is 0 Å². The van der Waals surface area contributed by atoms with E-state index in [1.165, 1.54) is 38.5 Å². The third-order valence-corrected chi connectivity index (χ3v) is 4.07. The van der Waals surface area contributed by atoms with E-state index in [9.17, 15) is 0 Å². The first-order valence-corrected chi connectivity index (χ1v) is 7.04. The molecule has 0 radical (unpaired) electrons. The highest BCUT2D eigenvalue weighted by atomic mass is 15.2. The monoisotopic (exact) mass is 233 g/mol. The maximum absolute atomic E-state index is 4.64. The molecule has 3 nitrogen and oxygen atoms in total. The summed E-state index contributed by atoms with van der Waals surface area (Å²) in [6.45, 7) is 4.48. The van der Waals surface area contributed by atoms with E-state index in [1.54, 1.807) is 0 Å². The summed E-state index contributed by atoms with van der Waals surface area (Å²) in [5.41, 5.74) is 1.14. The largest absolute Gasteiger partial charge is 0.353 e. The van der Waals surface area contributed by atoms with Gasteiger partial charge in [-0.15, -0.1) is 0 Å². The van der Waals surface area contributed by atoms with Crippen molar-refractivity contribution in [2.75, 3.05) is 5.32 Å². The number of imidazole rings is 1. The fraction of sp³-hybridized carbons (Fsp3) is 0.786. The molecule has 1 N–H and O–H groups in total. The first kappa shape index (κ1) is 11.1. The van der Waals surface area contributed by atoms with Crippen molar-refractivity contribution >= 4 is 5.95 Å². The van der Waals surface area contributed by atoms with Crippen molar-refractivity contribution in [3.63, 3.8) is 0 Å². The Hall–Kier alpha value is -0.990. The van der Waals surface area contributed by atoms with Crippen LogP contribution >= 0.6 is 0 Å². The van der Waals surface area contributed by atoms with Gasteiger partial charge < -0.3 is 9.88 Å². The third kappa shape index (κ3) is 2.48. The Balaban J connectivity index is 1.79. The van der Waals surface area contributed by atoms with E-state index >= 15 is 0 Å². The van der Waals surface area contributed by atoms with Crippen molar-refractivity contribution < 1.29 is 0 Å². The zero-order chi connectivity index (χ0) is 11.8. The number of nitrogens with one attached hydrogen (secondary N) is 1. The van der Waals surface area contributed by atoms with Crippen molar-refractivity contribution in [3.8, 4) is 0 Å². The number of hydrogen-bond acceptors (Lipinski definition) is 2. The molecular formula is C14H23N3. The Morgan fingerprint density at radius 2 is 2.12 bits per heavy atom. The van der Waals surface area contributed by atoms with E-state index < -0.39 is 0 Å². The summed E-state index contributed by atoms with van der Waals surface area (Å²) in [5.74, 6) is 1.98. The van der Waals surface area contributed by atoms with Crippen molar-refractivity contribution in [2.24, 2.45) is 5.92 Å². The lowest BCUT2D eigenvalue weighted by atomic mass is 9.87. The third-order valence-electron chi connectivity index (χ3n) is 4.07. The van der Waals surface area contributed by atoms with Gasteiger partial charge in [0.1, 0.15) is 0 Å². The van der Waals surface area contributed by atoms with Crippen LogP contribution in [-0.4, -0.2) is 15.6 Å². The smallest absolute Gasteiger partial charge is 0.203 e. The van der Waals surface area contributed by atoms with Crippen molar-refractivity contribution in [2.45, 2.75) is 64.5 Å². The Morgan fingerprint density at radius 3 is 2.82 bits per heavy atom. The van der Waals surface area contributed by atoms with Gasteiger partial charge in [0.2, 0.25) is 5.95 Å². The van der Waals surface area contributed by atoms with E-state index in [1.807, 2.05) is 0 Å². The van der Waals surface area contributed by atoms with Crippen LogP contribution in [0.5, 0.6) is 0 Å². The highest BCUT2D eigenvalue weighted by molar-refractivity contribution is 5.33. The quantitative estimate of drug-likeness (QED) is 0.865. The molecule has 0 amide bonds. The Labute approximate surface area is 104 Å². The standard InChI is InChI=1S/C14H23N3/c1-10-4-3-5-13(8-10)17-9-11(2)15-14(17)16-12-6-7-12/h9-10,12-13H,3-8H2,1-2H3,(H,15,16). The molecule has 94 valence electrons. The van der Waals surface area contributed by atoms with Crippen molar-refractivity contribution in [1.82, 2.24) is 9.55 Å². The SMILES string of the molecule is Cc1cn(C2CCCC(C)C2)c(NC2CC2)n1. The number of nitrogens with zero attached hydrogens (tertiary/aromatic N) is 2. The fourth-order valence-corrected chi connectivity index (χ4v) is 2.97. The molecule has 2 atom stereocenters. The average molecular weight is 233 g/mol. The minimum absolute atomic E-state index is 0.668. The fourth-order valence-electron chi connectivity index (χ4n) is 2.97. The summed E-state index contributed by atoms with van der Waals surface area (Å²) in [4.78, 5) is 4.64. The van der Waals surface area contributed by atoms with Gasteiger partial charge in [-0.05, 0) is 38.5 Å². The molecular weight excluding hydrogens is 210 g/mol. The van der Waals surface area contributed by atoms with E-state index in [2.05, 4.69) is 34.9 Å². The van der Waals surface area contributed by atoms with Crippen LogP contribution in [0.3, 0.4) is 0 Å². The van der Waals surface area contributed by atoms with Gasteiger partial charge in [0.25, 0.3) is 0 Å². The van der Waals surface area contributed by atoms with Crippen LogP contribution in [-0.2, 0) is 0 Å². The minimum Gasteiger partial charge on any atom is -0.353 e. The maximum Gasteiger partial charge on any atom is 0.203 e. The molecule has 3 rings (SSSR count). The summed E-state index contributed by atoms with van der Waals surface area (Å²) in [6.07, 6.45) is 10.3. The van der Waals surface area contributed by atoms with Gasteiger partial charge >= 0.3 is 0 Å². The van der Waals surface area contributed by atoms with Gasteiger partial charge in [-0.1, -0.05) is 19.8 Å². The Bertz CT molecular complexity index is 392. The van der Waals surface area contributed by atoms with Gasteiger partial charge in [0.15, 0.2) is 0 Å². The lowest BCUT2D eigenvalue weighted by Crippen LogP contribution is -2.19. The number of aromatic nitrogens is 2. The Kier molecular flexibility index (Phi) is 2.85. The summed E-state index contributed by atoms with van der Waals surface area (Å²) in [5, 5.41) is 3.57. The van der Waals surface area contributed by atoms with Gasteiger partial charge in [-0.25, -0.2) is 4.98 Å². The molecule has 1 heterocycles. The zero-order valence-corrected chi connectivity index (χ0v) is 10.9. The van der Waals surface area contributed by atoms with Crippen LogP contribution in [0.1, 0.15) is 57.2 Å². The van der Waals surface area contributed by atoms with Crippen molar-refractivity contribution in [3.05, 3.63) is 11.9 Å². The highest BCUT2D eigenvalue weighted by Gasteiger charge is 2.26. The predicted molar refractivity (Wildman–Crippen MR) is 70.3 cm³/mol. The number of anilines is 1. The molecule has 0 aliphatic heterocycles. The predicted octanol–water partition coefficient (Wildman–Crippen LogP) is 3.52. The molecule has 0 spiro atoms. The van der Waals surface area contributed by atoms with Crippen LogP contribution in [0.2, 0.25) is 0 Å². The molecule has 1 aromatic heterocycles. The van der Waals surface area contributed by atoms with Gasteiger partial charge in [0, 0.05) is 18.3 Å². The molecule has 2 saturated carbocycles. The molecule has 3 heteroatoms. The molecule has 17 heavy (non-hydrogen) atoms. The topological polar surface area (TPSA) is 29.9 Å². The minimum atomic E-state index is 0.668.